The van der Waals surface area contributed by atoms with Crippen LogP contribution in [0.5, 0.6) is 0 Å². The summed E-state index contributed by atoms with van der Waals surface area (Å²) >= 11 is 11.0. The third kappa shape index (κ3) is 2.40. The van der Waals surface area contributed by atoms with Crippen LogP contribution in [0.2, 0.25) is 5.02 Å². The van der Waals surface area contributed by atoms with Gasteiger partial charge in [0.2, 0.25) is 0 Å². The van der Waals surface area contributed by atoms with Crippen molar-refractivity contribution in [1.29, 1.82) is 0 Å². The van der Waals surface area contributed by atoms with E-state index in [0.717, 1.165) is 11.1 Å². The van der Waals surface area contributed by atoms with E-state index in [-0.39, 0.29) is 0 Å². The number of hydrogen-bond donors (Lipinski definition) is 1. The van der Waals surface area contributed by atoms with Gasteiger partial charge in [0.25, 0.3) is 0 Å². The fraction of sp³-hybridized carbons (Fsp3) is 0.0909. The van der Waals surface area contributed by atoms with Gasteiger partial charge in [-0.3, -0.25) is 4.68 Å². The molecule has 16 heavy (non-hydrogen) atoms. The molecule has 0 aliphatic rings. The quantitative estimate of drug-likeness (QED) is 0.851. The van der Waals surface area contributed by atoms with Gasteiger partial charge in [-0.1, -0.05) is 36.0 Å². The molecule has 1 heterocycles. The molecule has 2 aromatic rings. The van der Waals surface area contributed by atoms with E-state index in [1.807, 2.05) is 29.1 Å². The second-order valence-corrected chi connectivity index (χ2v) is 4.22. The van der Waals surface area contributed by atoms with Crippen molar-refractivity contribution in [3.8, 4) is 0 Å². The average Bonchev–Trinajstić information content (AvgIpc) is 2.73. The average molecular weight is 252 g/mol. The zero-order valence-corrected chi connectivity index (χ0v) is 10.0. The third-order valence-electron chi connectivity index (χ3n) is 2.23. The number of halogens is 1. The minimum atomic E-state index is 0.354. The smallest absolute Gasteiger partial charge is 0.104 e. The van der Waals surface area contributed by atoms with Crippen molar-refractivity contribution in [3.05, 3.63) is 52.8 Å². The first-order valence-electron chi connectivity index (χ1n) is 4.72. The standard InChI is InChI=1S/C11H10ClN3S/c12-10-6-8(11(13)16)2-3-9(10)7-15-5-1-4-14-15/h1-6H,7H2,(H2,13,16). The summed E-state index contributed by atoms with van der Waals surface area (Å²) < 4.78 is 1.81. The van der Waals surface area contributed by atoms with Gasteiger partial charge in [-0.15, -0.1) is 0 Å². The molecule has 0 atom stereocenters. The molecule has 2 rings (SSSR count). The van der Waals surface area contributed by atoms with Crippen molar-refractivity contribution in [1.82, 2.24) is 9.78 Å². The Bertz CT molecular complexity index is 508. The number of rotatable bonds is 3. The normalized spacial score (nSPS) is 10.3. The Kier molecular flexibility index (Phi) is 3.22. The molecule has 3 nitrogen and oxygen atoms in total. The van der Waals surface area contributed by atoms with E-state index in [2.05, 4.69) is 5.10 Å². The number of benzene rings is 1. The van der Waals surface area contributed by atoms with Crippen LogP contribution >= 0.6 is 23.8 Å². The van der Waals surface area contributed by atoms with Gasteiger partial charge in [0.15, 0.2) is 0 Å². The first kappa shape index (κ1) is 11.1. The summed E-state index contributed by atoms with van der Waals surface area (Å²) in [6, 6.07) is 7.44. The molecule has 2 N–H and O–H groups in total. The fourth-order valence-corrected chi connectivity index (χ4v) is 1.76. The highest BCUT2D eigenvalue weighted by Gasteiger charge is 2.04. The molecule has 0 aliphatic carbocycles. The molecule has 0 saturated carbocycles. The number of aromatic nitrogens is 2. The number of nitrogens with two attached hydrogens (primary N) is 1. The predicted molar refractivity (Wildman–Crippen MR) is 68.7 cm³/mol. The summed E-state index contributed by atoms with van der Waals surface area (Å²) in [5.74, 6) is 0. The Morgan fingerprint density at radius 2 is 2.31 bits per heavy atom. The fourth-order valence-electron chi connectivity index (χ4n) is 1.40. The lowest BCUT2D eigenvalue weighted by atomic mass is 10.1. The zero-order chi connectivity index (χ0) is 11.5. The minimum Gasteiger partial charge on any atom is -0.389 e. The van der Waals surface area contributed by atoms with Crippen LogP contribution in [0.3, 0.4) is 0 Å². The second kappa shape index (κ2) is 4.63. The van der Waals surface area contributed by atoms with Gasteiger partial charge in [-0.25, -0.2) is 0 Å². The first-order chi connectivity index (χ1) is 7.66. The highest BCUT2D eigenvalue weighted by atomic mass is 35.5. The van der Waals surface area contributed by atoms with Crippen LogP contribution in [0.25, 0.3) is 0 Å². The Labute approximate surface area is 104 Å². The van der Waals surface area contributed by atoms with Gasteiger partial charge in [0, 0.05) is 23.0 Å². The molecule has 82 valence electrons. The highest BCUT2D eigenvalue weighted by Crippen LogP contribution is 2.18. The SMILES string of the molecule is NC(=S)c1ccc(Cn2cccn2)c(Cl)c1. The summed E-state index contributed by atoms with van der Waals surface area (Å²) in [4.78, 5) is 0.354. The van der Waals surface area contributed by atoms with E-state index < -0.39 is 0 Å². The van der Waals surface area contributed by atoms with E-state index in [1.165, 1.54) is 0 Å². The van der Waals surface area contributed by atoms with E-state index in [9.17, 15) is 0 Å². The molecule has 0 aliphatic heterocycles. The van der Waals surface area contributed by atoms with Crippen LogP contribution in [0.1, 0.15) is 11.1 Å². The summed E-state index contributed by atoms with van der Waals surface area (Å²) in [5, 5.41) is 4.77. The van der Waals surface area contributed by atoms with Crippen molar-refractivity contribution in [2.75, 3.05) is 0 Å². The lowest BCUT2D eigenvalue weighted by Gasteiger charge is -2.06. The van der Waals surface area contributed by atoms with Gasteiger partial charge >= 0.3 is 0 Å². The molecule has 5 heteroatoms. The molecule has 1 aromatic carbocycles. The predicted octanol–water partition coefficient (Wildman–Crippen LogP) is 2.22. The van der Waals surface area contributed by atoms with E-state index in [4.69, 9.17) is 29.6 Å². The molecule has 0 saturated heterocycles. The van der Waals surface area contributed by atoms with Crippen LogP contribution in [0.15, 0.2) is 36.7 Å². The monoisotopic (exact) mass is 251 g/mol. The van der Waals surface area contributed by atoms with Crippen molar-refractivity contribution in [2.45, 2.75) is 6.54 Å². The van der Waals surface area contributed by atoms with Crippen LogP contribution in [-0.4, -0.2) is 14.8 Å². The first-order valence-corrected chi connectivity index (χ1v) is 5.51. The Morgan fingerprint density at radius 1 is 1.50 bits per heavy atom. The van der Waals surface area contributed by atoms with Crippen LogP contribution in [0, 0.1) is 0 Å². The maximum atomic E-state index is 6.13. The number of thiocarbonyl (C=S) groups is 1. The maximum absolute atomic E-state index is 6.13. The number of nitrogens with zero attached hydrogens (tertiary/aromatic N) is 2. The Hall–Kier alpha value is -1.39. The molecule has 0 radical (unpaired) electrons. The second-order valence-electron chi connectivity index (χ2n) is 3.37. The summed E-state index contributed by atoms with van der Waals surface area (Å²) in [6.07, 6.45) is 3.62. The van der Waals surface area contributed by atoms with Crippen LogP contribution in [0.4, 0.5) is 0 Å². The molecule has 0 amide bonds. The maximum Gasteiger partial charge on any atom is 0.104 e. The molecule has 1 aromatic heterocycles. The summed E-state index contributed by atoms with van der Waals surface area (Å²) in [7, 11) is 0. The molecule has 0 fully saturated rings. The van der Waals surface area contributed by atoms with Gasteiger partial charge in [0.1, 0.15) is 4.99 Å². The molecule has 0 spiro atoms. The molecule has 0 unspecified atom stereocenters. The van der Waals surface area contributed by atoms with Crippen LogP contribution in [-0.2, 0) is 6.54 Å². The largest absolute Gasteiger partial charge is 0.389 e. The Balaban J connectivity index is 2.26. The molecular formula is C11H10ClN3S. The summed E-state index contributed by atoms with van der Waals surface area (Å²) in [5.41, 5.74) is 7.30. The zero-order valence-electron chi connectivity index (χ0n) is 8.43. The van der Waals surface area contributed by atoms with Crippen molar-refractivity contribution in [3.63, 3.8) is 0 Å². The van der Waals surface area contributed by atoms with Crippen molar-refractivity contribution >= 4 is 28.8 Å². The van der Waals surface area contributed by atoms with E-state index >= 15 is 0 Å². The number of hydrogen-bond acceptors (Lipinski definition) is 2. The Morgan fingerprint density at radius 3 is 2.88 bits per heavy atom. The molecular weight excluding hydrogens is 242 g/mol. The van der Waals surface area contributed by atoms with Gasteiger partial charge in [-0.05, 0) is 17.7 Å². The van der Waals surface area contributed by atoms with E-state index in [0.29, 0.717) is 16.6 Å². The van der Waals surface area contributed by atoms with Gasteiger partial charge in [0.05, 0.1) is 6.54 Å². The van der Waals surface area contributed by atoms with Gasteiger partial charge in [-0.2, -0.15) is 5.10 Å². The molecule has 0 bridgehead atoms. The topological polar surface area (TPSA) is 43.8 Å². The lowest BCUT2D eigenvalue weighted by Crippen LogP contribution is -2.09. The minimum absolute atomic E-state index is 0.354. The lowest BCUT2D eigenvalue weighted by molar-refractivity contribution is 0.687. The van der Waals surface area contributed by atoms with Crippen molar-refractivity contribution < 1.29 is 0 Å². The van der Waals surface area contributed by atoms with E-state index in [1.54, 1.807) is 12.3 Å². The summed E-state index contributed by atoms with van der Waals surface area (Å²) in [6.45, 7) is 0.642. The van der Waals surface area contributed by atoms with Crippen molar-refractivity contribution in [2.24, 2.45) is 5.73 Å². The third-order valence-corrected chi connectivity index (χ3v) is 2.82. The van der Waals surface area contributed by atoms with Gasteiger partial charge < -0.3 is 5.73 Å². The highest BCUT2D eigenvalue weighted by molar-refractivity contribution is 7.80. The van der Waals surface area contributed by atoms with Crippen LogP contribution < -0.4 is 5.73 Å².